The highest BCUT2D eigenvalue weighted by molar-refractivity contribution is 6.30. The number of aryl methyl sites for hydroxylation is 2. The van der Waals surface area contributed by atoms with Crippen molar-refractivity contribution in [3.05, 3.63) is 57.9 Å². The van der Waals surface area contributed by atoms with E-state index < -0.39 is 5.97 Å². The quantitative estimate of drug-likeness (QED) is 0.720. The highest BCUT2D eigenvalue weighted by Gasteiger charge is 2.27. The number of aliphatic carboxylic acids is 1. The first kappa shape index (κ1) is 20.1. The van der Waals surface area contributed by atoms with Crippen LogP contribution in [0.15, 0.2) is 30.4 Å². The molecule has 0 saturated heterocycles. The lowest BCUT2D eigenvalue weighted by Gasteiger charge is -2.15. The summed E-state index contributed by atoms with van der Waals surface area (Å²) in [4.78, 5) is 22.5. The summed E-state index contributed by atoms with van der Waals surface area (Å²) in [5, 5.41) is 17.0. The molecule has 7 heteroatoms. The largest absolute Gasteiger partial charge is 0.481 e. The Bertz CT molecular complexity index is 949. The lowest BCUT2D eigenvalue weighted by atomic mass is 9.95. The molecule has 1 aromatic heterocycles. The van der Waals surface area contributed by atoms with Crippen molar-refractivity contribution in [3.63, 3.8) is 0 Å². The number of hydrogen-bond acceptors (Lipinski definition) is 3. The second-order valence-electron chi connectivity index (χ2n) is 7.22. The van der Waals surface area contributed by atoms with Gasteiger partial charge in [-0.15, -0.1) is 0 Å². The molecule has 28 heavy (non-hydrogen) atoms. The Hall–Kier alpha value is -2.60. The van der Waals surface area contributed by atoms with E-state index in [1.54, 1.807) is 0 Å². The van der Waals surface area contributed by atoms with Gasteiger partial charge in [-0.3, -0.25) is 9.59 Å². The highest BCUT2D eigenvalue weighted by atomic mass is 35.5. The van der Waals surface area contributed by atoms with E-state index >= 15 is 0 Å². The van der Waals surface area contributed by atoms with Gasteiger partial charge in [0.15, 0.2) is 0 Å². The minimum atomic E-state index is -0.967. The van der Waals surface area contributed by atoms with E-state index in [9.17, 15) is 9.59 Å². The first-order valence-corrected chi connectivity index (χ1v) is 9.66. The van der Waals surface area contributed by atoms with Gasteiger partial charge in [0.25, 0.3) is 0 Å². The average molecular weight is 402 g/mol. The molecule has 1 aromatic carbocycles. The number of carbonyl (C=O) groups excluding carboxylic acids is 1. The molecule has 0 saturated carbocycles. The number of aromatic nitrogens is 2. The van der Waals surface area contributed by atoms with Gasteiger partial charge < -0.3 is 10.4 Å². The fourth-order valence-electron chi connectivity index (χ4n) is 3.80. The second-order valence-corrected chi connectivity index (χ2v) is 7.66. The smallest absolute Gasteiger partial charge is 0.303 e. The van der Waals surface area contributed by atoms with Gasteiger partial charge in [0, 0.05) is 34.7 Å². The minimum Gasteiger partial charge on any atom is -0.481 e. The van der Waals surface area contributed by atoms with E-state index in [-0.39, 0.29) is 30.7 Å². The van der Waals surface area contributed by atoms with Crippen molar-refractivity contribution in [2.45, 2.75) is 52.0 Å². The van der Waals surface area contributed by atoms with Crippen LogP contribution in [-0.4, -0.2) is 32.8 Å². The molecule has 148 valence electrons. The maximum absolute atomic E-state index is 11.9. The van der Waals surface area contributed by atoms with Crippen LogP contribution < -0.4 is 5.32 Å². The van der Waals surface area contributed by atoms with Crippen molar-refractivity contribution in [3.8, 4) is 5.69 Å². The Morgan fingerprint density at radius 1 is 1.25 bits per heavy atom. The number of carboxylic acids is 1. The number of hydrogen-bond donors (Lipinski definition) is 2. The summed E-state index contributed by atoms with van der Waals surface area (Å²) in [5.74, 6) is -1.05. The summed E-state index contributed by atoms with van der Waals surface area (Å²) < 4.78 is 1.95. The van der Waals surface area contributed by atoms with Crippen molar-refractivity contribution in [1.29, 1.82) is 0 Å². The lowest BCUT2D eigenvalue weighted by molar-refractivity contribution is -0.138. The van der Waals surface area contributed by atoms with Crippen LogP contribution in [0, 0.1) is 20.8 Å². The van der Waals surface area contributed by atoms with Gasteiger partial charge in [-0.25, -0.2) is 4.68 Å². The van der Waals surface area contributed by atoms with Crippen molar-refractivity contribution in [2.24, 2.45) is 0 Å². The SMILES string of the molecule is Cc1cc(Cl)ccc1-n1nc(C)c([C@H]2C=C[C@@H](NC(=O)CCC(=O)O)C2)c1C. The van der Waals surface area contributed by atoms with Crippen LogP contribution in [0.3, 0.4) is 0 Å². The topological polar surface area (TPSA) is 84.2 Å². The summed E-state index contributed by atoms with van der Waals surface area (Å²) >= 11 is 6.08. The number of allylic oxidation sites excluding steroid dienone is 1. The predicted octanol–water partition coefficient (Wildman–Crippen LogP) is 3.84. The Balaban J connectivity index is 1.75. The van der Waals surface area contributed by atoms with Gasteiger partial charge in [-0.2, -0.15) is 5.10 Å². The monoisotopic (exact) mass is 401 g/mol. The maximum atomic E-state index is 11.9. The van der Waals surface area contributed by atoms with Gasteiger partial charge in [0.05, 0.1) is 17.8 Å². The molecule has 1 amide bonds. The van der Waals surface area contributed by atoms with E-state index in [1.807, 2.05) is 42.8 Å². The van der Waals surface area contributed by atoms with Crippen molar-refractivity contribution < 1.29 is 14.7 Å². The van der Waals surface area contributed by atoms with E-state index in [0.29, 0.717) is 5.02 Å². The van der Waals surface area contributed by atoms with Gasteiger partial charge in [0.2, 0.25) is 5.91 Å². The summed E-state index contributed by atoms with van der Waals surface area (Å²) in [6, 6.07) is 5.66. The first-order chi connectivity index (χ1) is 13.3. The van der Waals surface area contributed by atoms with Gasteiger partial charge in [-0.1, -0.05) is 23.8 Å². The van der Waals surface area contributed by atoms with Crippen molar-refractivity contribution in [2.75, 3.05) is 0 Å². The fraction of sp³-hybridized carbons (Fsp3) is 0.381. The third-order valence-corrected chi connectivity index (χ3v) is 5.34. The molecule has 2 N–H and O–H groups in total. The van der Waals surface area contributed by atoms with Crippen molar-refractivity contribution >= 4 is 23.5 Å². The minimum absolute atomic E-state index is 0.00380. The standard InChI is InChI=1S/C21H24ClN3O3/c1-12-10-16(22)5-7-18(12)25-14(3)21(13(2)24-25)15-4-6-17(11-15)23-19(26)8-9-20(27)28/h4-7,10,15,17H,8-9,11H2,1-3H3,(H,23,26)(H,27,28)/t15-,17+/m0/s1. The Morgan fingerprint density at radius 3 is 2.68 bits per heavy atom. The molecule has 0 fully saturated rings. The van der Waals surface area contributed by atoms with Crippen LogP contribution in [0.2, 0.25) is 5.02 Å². The number of nitrogens with one attached hydrogen (secondary N) is 1. The molecule has 1 heterocycles. The van der Waals surface area contributed by atoms with E-state index in [2.05, 4.69) is 18.3 Å². The predicted molar refractivity (Wildman–Crippen MR) is 108 cm³/mol. The van der Waals surface area contributed by atoms with E-state index in [0.717, 1.165) is 34.6 Å². The fourth-order valence-corrected chi connectivity index (χ4v) is 4.03. The number of amides is 1. The van der Waals surface area contributed by atoms with Crippen LogP contribution in [0.25, 0.3) is 5.69 Å². The molecule has 0 radical (unpaired) electrons. The average Bonchev–Trinajstić information content (AvgIpc) is 3.17. The van der Waals surface area contributed by atoms with Crippen molar-refractivity contribution in [1.82, 2.24) is 15.1 Å². The number of carboxylic acid groups (broad SMARTS) is 1. The zero-order chi connectivity index (χ0) is 20.4. The molecule has 1 aliphatic rings. The van der Waals surface area contributed by atoms with Crippen LogP contribution >= 0.6 is 11.6 Å². The molecule has 0 bridgehead atoms. The molecule has 1 aliphatic carbocycles. The Morgan fingerprint density at radius 2 is 2.00 bits per heavy atom. The maximum Gasteiger partial charge on any atom is 0.303 e. The molecule has 3 rings (SSSR count). The van der Waals surface area contributed by atoms with E-state index in [1.165, 1.54) is 0 Å². The number of rotatable bonds is 6. The third kappa shape index (κ3) is 4.28. The third-order valence-electron chi connectivity index (χ3n) is 5.10. The zero-order valence-electron chi connectivity index (χ0n) is 16.2. The summed E-state index contributed by atoms with van der Waals surface area (Å²) in [5.41, 5.74) is 5.23. The van der Waals surface area contributed by atoms with Gasteiger partial charge in [0.1, 0.15) is 0 Å². The van der Waals surface area contributed by atoms with Crippen LogP contribution in [0.4, 0.5) is 0 Å². The number of halogens is 1. The van der Waals surface area contributed by atoms with Gasteiger partial charge >= 0.3 is 5.97 Å². The second kappa shape index (κ2) is 8.19. The van der Waals surface area contributed by atoms with Crippen LogP contribution in [-0.2, 0) is 9.59 Å². The normalized spacial score (nSPS) is 18.4. The molecule has 2 aromatic rings. The van der Waals surface area contributed by atoms with E-state index in [4.69, 9.17) is 21.8 Å². The molecular weight excluding hydrogens is 378 g/mol. The zero-order valence-corrected chi connectivity index (χ0v) is 17.0. The molecular formula is C21H24ClN3O3. The molecule has 0 spiro atoms. The summed E-state index contributed by atoms with van der Waals surface area (Å²) in [6.07, 6.45) is 4.66. The molecule has 6 nitrogen and oxygen atoms in total. The Kier molecular flexibility index (Phi) is 5.89. The number of carbonyl (C=O) groups is 2. The first-order valence-electron chi connectivity index (χ1n) is 9.28. The summed E-state index contributed by atoms with van der Waals surface area (Å²) in [6.45, 7) is 6.06. The Labute approximate surface area is 169 Å². The summed E-state index contributed by atoms with van der Waals surface area (Å²) in [7, 11) is 0. The number of nitrogens with zero attached hydrogens (tertiary/aromatic N) is 2. The lowest BCUT2D eigenvalue weighted by Crippen LogP contribution is -2.32. The highest BCUT2D eigenvalue weighted by Crippen LogP contribution is 2.34. The van der Waals surface area contributed by atoms with Gasteiger partial charge in [-0.05, 0) is 51.0 Å². The van der Waals surface area contributed by atoms with Crippen LogP contribution in [0.1, 0.15) is 47.7 Å². The number of benzene rings is 1. The van der Waals surface area contributed by atoms with Crippen LogP contribution in [0.5, 0.6) is 0 Å². The molecule has 0 aliphatic heterocycles. The molecule has 0 unspecified atom stereocenters. The molecule has 2 atom stereocenters.